The van der Waals surface area contributed by atoms with Gasteiger partial charge in [0.15, 0.2) is 0 Å². The first-order valence-corrected chi connectivity index (χ1v) is 6.37. The van der Waals surface area contributed by atoms with Crippen molar-refractivity contribution in [3.63, 3.8) is 0 Å². The SMILES string of the molecule is O=C1Cc2ccccc2N1C(=O)OCc1ccccc1. The molecule has 0 unspecified atom stereocenters. The van der Waals surface area contributed by atoms with Crippen LogP contribution >= 0.6 is 0 Å². The van der Waals surface area contributed by atoms with E-state index in [9.17, 15) is 9.59 Å². The molecule has 3 rings (SSSR count). The van der Waals surface area contributed by atoms with Crippen molar-refractivity contribution in [2.24, 2.45) is 0 Å². The predicted octanol–water partition coefficient (Wildman–Crippen LogP) is 2.91. The lowest BCUT2D eigenvalue weighted by Gasteiger charge is -2.15. The van der Waals surface area contributed by atoms with Gasteiger partial charge in [-0.25, -0.2) is 9.69 Å². The molecule has 2 aromatic carbocycles. The van der Waals surface area contributed by atoms with E-state index >= 15 is 0 Å². The number of para-hydroxylation sites is 1. The van der Waals surface area contributed by atoms with Gasteiger partial charge in [-0.05, 0) is 17.2 Å². The lowest BCUT2D eigenvalue weighted by Crippen LogP contribution is -2.34. The molecule has 0 bridgehead atoms. The molecule has 2 aromatic rings. The van der Waals surface area contributed by atoms with E-state index in [-0.39, 0.29) is 18.9 Å². The van der Waals surface area contributed by atoms with E-state index < -0.39 is 6.09 Å². The maximum atomic E-state index is 12.1. The smallest absolute Gasteiger partial charge is 0.421 e. The highest BCUT2D eigenvalue weighted by Gasteiger charge is 2.33. The summed E-state index contributed by atoms with van der Waals surface area (Å²) >= 11 is 0. The number of rotatable bonds is 2. The second-order valence-corrected chi connectivity index (χ2v) is 4.57. The van der Waals surface area contributed by atoms with Gasteiger partial charge in [0, 0.05) is 0 Å². The molecular formula is C16H13NO3. The van der Waals surface area contributed by atoms with E-state index in [2.05, 4.69) is 0 Å². The van der Waals surface area contributed by atoms with Gasteiger partial charge in [-0.1, -0.05) is 48.5 Å². The zero-order chi connectivity index (χ0) is 13.9. The molecule has 0 spiro atoms. The third-order valence-corrected chi connectivity index (χ3v) is 3.21. The van der Waals surface area contributed by atoms with Crippen molar-refractivity contribution in [1.29, 1.82) is 0 Å². The molecule has 4 heteroatoms. The van der Waals surface area contributed by atoms with Crippen LogP contribution in [0.15, 0.2) is 54.6 Å². The maximum Gasteiger partial charge on any atom is 0.421 e. The summed E-state index contributed by atoms with van der Waals surface area (Å²) in [7, 11) is 0. The molecule has 20 heavy (non-hydrogen) atoms. The first-order chi connectivity index (χ1) is 9.75. The molecule has 0 saturated heterocycles. The van der Waals surface area contributed by atoms with Crippen molar-refractivity contribution < 1.29 is 14.3 Å². The van der Waals surface area contributed by atoms with Crippen LogP contribution in [0.1, 0.15) is 11.1 Å². The second kappa shape index (κ2) is 5.17. The van der Waals surface area contributed by atoms with Crippen LogP contribution in [-0.2, 0) is 22.6 Å². The number of benzene rings is 2. The predicted molar refractivity (Wildman–Crippen MR) is 74.3 cm³/mol. The van der Waals surface area contributed by atoms with Crippen LogP contribution in [0.25, 0.3) is 0 Å². The topological polar surface area (TPSA) is 46.6 Å². The van der Waals surface area contributed by atoms with Gasteiger partial charge in [0.1, 0.15) is 6.61 Å². The molecule has 1 aliphatic rings. The van der Waals surface area contributed by atoms with Crippen LogP contribution in [0.4, 0.5) is 10.5 Å². The van der Waals surface area contributed by atoms with Crippen LogP contribution < -0.4 is 4.90 Å². The number of imide groups is 1. The lowest BCUT2D eigenvalue weighted by molar-refractivity contribution is -0.117. The number of anilines is 1. The van der Waals surface area contributed by atoms with Gasteiger partial charge in [0.2, 0.25) is 5.91 Å². The molecule has 0 aromatic heterocycles. The van der Waals surface area contributed by atoms with Crippen molar-refractivity contribution in [2.45, 2.75) is 13.0 Å². The number of hydrogen-bond donors (Lipinski definition) is 0. The Labute approximate surface area is 116 Å². The summed E-state index contributed by atoms with van der Waals surface area (Å²) < 4.78 is 5.21. The Kier molecular flexibility index (Phi) is 3.21. The standard InChI is InChI=1S/C16H13NO3/c18-15-10-13-8-4-5-9-14(13)17(15)16(19)20-11-12-6-2-1-3-7-12/h1-9H,10-11H2. The highest BCUT2D eigenvalue weighted by Crippen LogP contribution is 2.29. The molecule has 0 radical (unpaired) electrons. The Balaban J connectivity index is 1.73. The first kappa shape index (κ1) is 12.4. The number of fused-ring (bicyclic) bond motifs is 1. The van der Waals surface area contributed by atoms with Crippen LogP contribution in [0.2, 0.25) is 0 Å². The number of hydrogen-bond acceptors (Lipinski definition) is 3. The van der Waals surface area contributed by atoms with Crippen molar-refractivity contribution in [2.75, 3.05) is 4.90 Å². The Morgan fingerprint density at radius 2 is 1.75 bits per heavy atom. The fourth-order valence-corrected chi connectivity index (χ4v) is 2.24. The molecular weight excluding hydrogens is 254 g/mol. The van der Waals surface area contributed by atoms with Gasteiger partial charge in [0.05, 0.1) is 12.1 Å². The minimum Gasteiger partial charge on any atom is -0.444 e. The number of nitrogens with zero attached hydrogens (tertiary/aromatic N) is 1. The molecule has 1 aliphatic heterocycles. The summed E-state index contributed by atoms with van der Waals surface area (Å²) in [5.74, 6) is -0.246. The molecule has 4 nitrogen and oxygen atoms in total. The Morgan fingerprint density at radius 3 is 2.55 bits per heavy atom. The zero-order valence-electron chi connectivity index (χ0n) is 10.8. The number of carbonyl (C=O) groups is 2. The highest BCUT2D eigenvalue weighted by atomic mass is 16.6. The summed E-state index contributed by atoms with van der Waals surface area (Å²) in [4.78, 5) is 25.1. The van der Waals surface area contributed by atoms with E-state index in [0.717, 1.165) is 16.0 Å². The van der Waals surface area contributed by atoms with Gasteiger partial charge in [-0.2, -0.15) is 0 Å². The largest absolute Gasteiger partial charge is 0.444 e. The molecule has 1 heterocycles. The fourth-order valence-electron chi connectivity index (χ4n) is 2.24. The highest BCUT2D eigenvalue weighted by molar-refractivity contribution is 6.17. The summed E-state index contributed by atoms with van der Waals surface area (Å²) in [6, 6.07) is 16.6. The third-order valence-electron chi connectivity index (χ3n) is 3.21. The number of amides is 2. The van der Waals surface area contributed by atoms with Crippen LogP contribution in [0.5, 0.6) is 0 Å². The summed E-state index contributed by atoms with van der Waals surface area (Å²) in [5.41, 5.74) is 2.37. The average Bonchev–Trinajstić information content (AvgIpc) is 2.82. The first-order valence-electron chi connectivity index (χ1n) is 6.37. The average molecular weight is 267 g/mol. The fraction of sp³-hybridized carbons (Fsp3) is 0.125. The van der Waals surface area contributed by atoms with Gasteiger partial charge < -0.3 is 4.74 Å². The zero-order valence-corrected chi connectivity index (χ0v) is 10.8. The van der Waals surface area contributed by atoms with Crippen LogP contribution in [0, 0.1) is 0 Å². The van der Waals surface area contributed by atoms with Crippen molar-refractivity contribution in [1.82, 2.24) is 0 Å². The van der Waals surface area contributed by atoms with Gasteiger partial charge in [0.25, 0.3) is 0 Å². The Hall–Kier alpha value is -2.62. The number of carbonyl (C=O) groups excluding carboxylic acids is 2. The summed E-state index contributed by atoms with van der Waals surface area (Å²) in [6.45, 7) is 0.158. The van der Waals surface area contributed by atoms with E-state index in [1.165, 1.54) is 0 Å². The quantitative estimate of drug-likeness (QED) is 0.840. The van der Waals surface area contributed by atoms with Gasteiger partial charge >= 0.3 is 6.09 Å². The molecule has 0 saturated carbocycles. The molecule has 2 amide bonds. The van der Waals surface area contributed by atoms with E-state index in [0.29, 0.717) is 5.69 Å². The normalized spacial score (nSPS) is 13.2. The van der Waals surface area contributed by atoms with Crippen molar-refractivity contribution in [3.05, 3.63) is 65.7 Å². The molecule has 0 fully saturated rings. The van der Waals surface area contributed by atoms with Crippen molar-refractivity contribution in [3.8, 4) is 0 Å². The van der Waals surface area contributed by atoms with Gasteiger partial charge in [-0.15, -0.1) is 0 Å². The number of ether oxygens (including phenoxy) is 1. The van der Waals surface area contributed by atoms with Crippen LogP contribution in [0.3, 0.4) is 0 Å². The van der Waals surface area contributed by atoms with E-state index in [4.69, 9.17) is 4.74 Å². The Morgan fingerprint density at radius 1 is 1.05 bits per heavy atom. The second-order valence-electron chi connectivity index (χ2n) is 4.57. The monoisotopic (exact) mass is 267 g/mol. The summed E-state index contributed by atoms with van der Waals surface area (Å²) in [6.07, 6.45) is -0.375. The van der Waals surface area contributed by atoms with Crippen LogP contribution in [-0.4, -0.2) is 12.0 Å². The minimum atomic E-state index is -0.621. The molecule has 0 N–H and O–H groups in total. The van der Waals surface area contributed by atoms with Gasteiger partial charge in [-0.3, -0.25) is 4.79 Å². The van der Waals surface area contributed by atoms with Crippen molar-refractivity contribution >= 4 is 17.7 Å². The molecule has 100 valence electrons. The minimum absolute atomic E-state index is 0.158. The summed E-state index contributed by atoms with van der Waals surface area (Å²) in [5, 5.41) is 0. The maximum absolute atomic E-state index is 12.1. The lowest BCUT2D eigenvalue weighted by atomic mass is 10.2. The molecule has 0 aliphatic carbocycles. The van der Waals surface area contributed by atoms with E-state index in [1.54, 1.807) is 12.1 Å². The molecule has 0 atom stereocenters. The third kappa shape index (κ3) is 2.28. The Bertz CT molecular complexity index is 652. The van der Waals surface area contributed by atoms with E-state index in [1.807, 2.05) is 42.5 Å².